The van der Waals surface area contributed by atoms with E-state index in [0.717, 1.165) is 10.9 Å². The van der Waals surface area contributed by atoms with Crippen molar-refractivity contribution in [3.8, 4) is 0 Å². The number of hydrogen-bond donors (Lipinski definition) is 1. The normalized spacial score (nSPS) is 10.8. The number of aromatic nitrogens is 1. The van der Waals surface area contributed by atoms with E-state index in [1.165, 1.54) is 24.3 Å². The molecule has 0 aliphatic carbocycles. The van der Waals surface area contributed by atoms with Gasteiger partial charge in [-0.25, -0.2) is 4.39 Å². The lowest BCUT2D eigenvalue weighted by atomic mass is 10.2. The van der Waals surface area contributed by atoms with E-state index >= 15 is 0 Å². The van der Waals surface area contributed by atoms with Crippen LogP contribution in [0.4, 0.5) is 10.1 Å². The van der Waals surface area contributed by atoms with Crippen molar-refractivity contribution >= 4 is 34.1 Å². The van der Waals surface area contributed by atoms with E-state index < -0.39 is 0 Å². The topological polar surface area (TPSA) is 34.0 Å². The fourth-order valence-electron chi connectivity index (χ4n) is 2.21. The van der Waals surface area contributed by atoms with Crippen molar-refractivity contribution in [1.29, 1.82) is 0 Å². The first-order chi connectivity index (χ1) is 10.1. The highest BCUT2D eigenvalue weighted by molar-refractivity contribution is 6.35. The number of halogens is 2. The summed E-state index contributed by atoms with van der Waals surface area (Å²) in [5, 5.41) is 4.30. The molecule has 1 amide bonds. The Balaban J connectivity index is 1.77. The van der Waals surface area contributed by atoms with Gasteiger partial charge in [0.15, 0.2) is 0 Å². The van der Waals surface area contributed by atoms with Gasteiger partial charge in [0.2, 0.25) is 5.91 Å². The number of anilines is 1. The Morgan fingerprint density at radius 3 is 2.67 bits per heavy atom. The minimum Gasteiger partial charge on any atom is -0.338 e. The van der Waals surface area contributed by atoms with Crippen LogP contribution in [0.2, 0.25) is 5.02 Å². The van der Waals surface area contributed by atoms with Crippen molar-refractivity contribution in [3.63, 3.8) is 0 Å². The summed E-state index contributed by atoms with van der Waals surface area (Å²) in [6.45, 7) is 0.168. The van der Waals surface area contributed by atoms with Gasteiger partial charge in [-0.15, -0.1) is 0 Å². The zero-order valence-corrected chi connectivity index (χ0v) is 11.8. The van der Waals surface area contributed by atoms with Gasteiger partial charge >= 0.3 is 0 Å². The third kappa shape index (κ3) is 2.90. The Hall–Kier alpha value is -2.33. The Morgan fingerprint density at radius 1 is 1.14 bits per heavy atom. The molecule has 1 N–H and O–H groups in total. The number of carbonyl (C=O) groups is 1. The standard InChI is InChI=1S/C16H12ClFN2O/c17-14-2-1-3-15-13(14)8-9-20(15)10-16(21)19-12-6-4-11(18)5-7-12/h1-9H,10H2,(H,19,21). The molecule has 2 aromatic carbocycles. The van der Waals surface area contributed by atoms with E-state index in [9.17, 15) is 9.18 Å². The van der Waals surface area contributed by atoms with Crippen LogP contribution in [0.25, 0.3) is 10.9 Å². The van der Waals surface area contributed by atoms with E-state index in [-0.39, 0.29) is 18.3 Å². The highest BCUT2D eigenvalue weighted by atomic mass is 35.5. The van der Waals surface area contributed by atoms with Gasteiger partial charge in [-0.05, 0) is 42.5 Å². The number of benzene rings is 2. The van der Waals surface area contributed by atoms with Crippen LogP contribution in [0.1, 0.15) is 0 Å². The molecule has 3 rings (SSSR count). The van der Waals surface area contributed by atoms with Gasteiger partial charge in [0.25, 0.3) is 0 Å². The largest absolute Gasteiger partial charge is 0.338 e. The Kier molecular flexibility index (Phi) is 3.62. The smallest absolute Gasteiger partial charge is 0.244 e. The second kappa shape index (κ2) is 5.58. The predicted molar refractivity (Wildman–Crippen MR) is 82.0 cm³/mol. The molecule has 0 aliphatic heterocycles. The zero-order chi connectivity index (χ0) is 14.8. The maximum Gasteiger partial charge on any atom is 0.244 e. The molecular formula is C16H12ClFN2O. The Morgan fingerprint density at radius 2 is 1.90 bits per heavy atom. The van der Waals surface area contributed by atoms with Crippen molar-refractivity contribution < 1.29 is 9.18 Å². The van der Waals surface area contributed by atoms with Crippen molar-refractivity contribution in [3.05, 3.63) is 65.6 Å². The van der Waals surface area contributed by atoms with E-state index in [1.54, 1.807) is 0 Å². The molecule has 0 unspecified atom stereocenters. The second-order valence-corrected chi connectivity index (χ2v) is 5.08. The lowest BCUT2D eigenvalue weighted by molar-refractivity contribution is -0.116. The number of nitrogens with zero attached hydrogens (tertiary/aromatic N) is 1. The monoisotopic (exact) mass is 302 g/mol. The number of amides is 1. The zero-order valence-electron chi connectivity index (χ0n) is 11.0. The van der Waals surface area contributed by atoms with Crippen molar-refractivity contribution in [2.24, 2.45) is 0 Å². The van der Waals surface area contributed by atoms with Crippen LogP contribution in [-0.4, -0.2) is 10.5 Å². The van der Waals surface area contributed by atoms with E-state index in [0.29, 0.717) is 10.7 Å². The number of carbonyl (C=O) groups excluding carboxylic acids is 1. The number of nitrogens with one attached hydrogen (secondary N) is 1. The molecule has 3 nitrogen and oxygen atoms in total. The molecule has 0 aliphatic rings. The minimum absolute atomic E-state index is 0.168. The van der Waals surface area contributed by atoms with E-state index in [2.05, 4.69) is 5.32 Å². The molecule has 0 radical (unpaired) electrons. The molecular weight excluding hydrogens is 291 g/mol. The van der Waals surface area contributed by atoms with Gasteiger partial charge < -0.3 is 9.88 Å². The summed E-state index contributed by atoms with van der Waals surface area (Å²) in [5.74, 6) is -0.516. The van der Waals surface area contributed by atoms with Crippen LogP contribution in [0, 0.1) is 5.82 Å². The summed E-state index contributed by atoms with van der Waals surface area (Å²) >= 11 is 6.10. The van der Waals surface area contributed by atoms with Crippen molar-refractivity contribution in [2.75, 3.05) is 5.32 Å². The van der Waals surface area contributed by atoms with Crippen LogP contribution in [0.15, 0.2) is 54.7 Å². The number of hydrogen-bond acceptors (Lipinski definition) is 1. The molecule has 106 valence electrons. The van der Waals surface area contributed by atoms with Gasteiger partial charge in [-0.3, -0.25) is 4.79 Å². The van der Waals surface area contributed by atoms with Crippen molar-refractivity contribution in [1.82, 2.24) is 4.57 Å². The molecule has 0 bridgehead atoms. The SMILES string of the molecule is O=C(Cn1ccc2c(Cl)cccc21)Nc1ccc(F)cc1. The molecule has 0 atom stereocenters. The molecule has 1 aromatic heterocycles. The van der Waals surface area contributed by atoms with Gasteiger partial charge in [0.1, 0.15) is 12.4 Å². The highest BCUT2D eigenvalue weighted by Gasteiger charge is 2.08. The predicted octanol–water partition coefficient (Wildman–Crippen LogP) is 4.07. The highest BCUT2D eigenvalue weighted by Crippen LogP contribution is 2.24. The van der Waals surface area contributed by atoms with Crippen LogP contribution in [0.5, 0.6) is 0 Å². The molecule has 0 saturated carbocycles. The summed E-state index contributed by atoms with van der Waals surface area (Å²) in [6.07, 6.45) is 1.82. The summed E-state index contributed by atoms with van der Waals surface area (Å²) < 4.78 is 14.6. The first kappa shape index (κ1) is 13.6. The second-order valence-electron chi connectivity index (χ2n) is 4.67. The van der Waals surface area contributed by atoms with Crippen LogP contribution in [-0.2, 0) is 11.3 Å². The fourth-order valence-corrected chi connectivity index (χ4v) is 2.44. The third-order valence-electron chi connectivity index (χ3n) is 3.20. The van der Waals surface area contributed by atoms with Gasteiger partial charge in [-0.1, -0.05) is 17.7 Å². The fraction of sp³-hybridized carbons (Fsp3) is 0.0625. The molecule has 3 aromatic rings. The van der Waals surface area contributed by atoms with E-state index in [4.69, 9.17) is 11.6 Å². The summed E-state index contributed by atoms with van der Waals surface area (Å²) in [6, 6.07) is 13.1. The van der Waals surface area contributed by atoms with Crippen LogP contribution >= 0.6 is 11.6 Å². The first-order valence-corrected chi connectivity index (χ1v) is 6.80. The minimum atomic E-state index is -0.334. The summed E-state index contributed by atoms with van der Waals surface area (Å²) in [4.78, 5) is 12.0. The van der Waals surface area contributed by atoms with Crippen LogP contribution < -0.4 is 5.32 Å². The average Bonchev–Trinajstić information content (AvgIpc) is 2.86. The van der Waals surface area contributed by atoms with Crippen LogP contribution in [0.3, 0.4) is 0 Å². The summed E-state index contributed by atoms with van der Waals surface area (Å²) in [7, 11) is 0. The lowest BCUT2D eigenvalue weighted by Crippen LogP contribution is -2.18. The Labute approximate surface area is 125 Å². The number of rotatable bonds is 3. The van der Waals surface area contributed by atoms with Crippen molar-refractivity contribution in [2.45, 2.75) is 6.54 Å². The van der Waals surface area contributed by atoms with Gasteiger partial charge in [-0.2, -0.15) is 0 Å². The maximum atomic E-state index is 12.8. The molecule has 0 saturated heterocycles. The maximum absolute atomic E-state index is 12.8. The molecule has 5 heteroatoms. The molecule has 0 spiro atoms. The number of fused-ring (bicyclic) bond motifs is 1. The quantitative estimate of drug-likeness (QED) is 0.777. The first-order valence-electron chi connectivity index (χ1n) is 6.42. The van der Waals surface area contributed by atoms with E-state index in [1.807, 2.05) is 35.0 Å². The molecule has 21 heavy (non-hydrogen) atoms. The third-order valence-corrected chi connectivity index (χ3v) is 3.53. The van der Waals surface area contributed by atoms with Gasteiger partial charge in [0, 0.05) is 27.8 Å². The van der Waals surface area contributed by atoms with Gasteiger partial charge in [0.05, 0.1) is 0 Å². The average molecular weight is 303 g/mol. The Bertz CT molecular complexity index is 796. The molecule has 1 heterocycles. The summed E-state index contributed by atoms with van der Waals surface area (Å²) in [5.41, 5.74) is 1.47. The molecule has 0 fully saturated rings. The lowest BCUT2D eigenvalue weighted by Gasteiger charge is -2.07.